The predicted molar refractivity (Wildman–Crippen MR) is 101 cm³/mol. The fraction of sp³-hybridized carbons (Fsp3) is 0.733. The summed E-state index contributed by atoms with van der Waals surface area (Å²) >= 11 is 10.3. The van der Waals surface area contributed by atoms with Gasteiger partial charge in [0, 0.05) is 39.0 Å². The molecule has 132 valence electrons. The maximum Gasteiger partial charge on any atom is 0.226 e. The van der Waals surface area contributed by atoms with E-state index in [-0.39, 0.29) is 24.7 Å². The molecular formula is C15H28N4O2S2. The van der Waals surface area contributed by atoms with E-state index in [4.69, 9.17) is 24.4 Å². The van der Waals surface area contributed by atoms with Crippen molar-refractivity contribution in [3.05, 3.63) is 0 Å². The number of hydrogen-bond acceptors (Lipinski definition) is 4. The van der Waals surface area contributed by atoms with Crippen LogP contribution >= 0.6 is 24.4 Å². The van der Waals surface area contributed by atoms with Crippen molar-refractivity contribution < 1.29 is 9.59 Å². The van der Waals surface area contributed by atoms with Crippen LogP contribution in [0.1, 0.15) is 47.0 Å². The minimum Gasteiger partial charge on any atom is -0.350 e. The van der Waals surface area contributed by atoms with E-state index in [0.29, 0.717) is 16.6 Å². The summed E-state index contributed by atoms with van der Waals surface area (Å²) in [7, 11) is 0. The molecule has 0 rings (SSSR count). The van der Waals surface area contributed by atoms with Crippen molar-refractivity contribution in [3.63, 3.8) is 0 Å². The van der Waals surface area contributed by atoms with E-state index in [1.807, 2.05) is 37.5 Å². The number of carbonyl (C=O) groups is 2. The van der Waals surface area contributed by atoms with E-state index >= 15 is 0 Å². The van der Waals surface area contributed by atoms with Gasteiger partial charge in [-0.25, -0.2) is 0 Å². The minimum absolute atomic E-state index is 0.166. The lowest BCUT2D eigenvalue weighted by Gasteiger charge is -2.22. The van der Waals surface area contributed by atoms with Crippen LogP contribution in [0.5, 0.6) is 0 Å². The number of nitrogens with one attached hydrogen (secondary N) is 2. The summed E-state index contributed by atoms with van der Waals surface area (Å²) in [5, 5.41) is 6.25. The topological polar surface area (TPSA) is 64.7 Å². The first-order chi connectivity index (χ1) is 10.9. The Balaban J connectivity index is 4.06. The maximum atomic E-state index is 11.8. The van der Waals surface area contributed by atoms with Gasteiger partial charge in [-0.15, -0.1) is 0 Å². The van der Waals surface area contributed by atoms with Crippen LogP contribution in [0.3, 0.4) is 0 Å². The Morgan fingerprint density at radius 1 is 0.739 bits per heavy atom. The largest absolute Gasteiger partial charge is 0.350 e. The lowest BCUT2D eigenvalue weighted by molar-refractivity contribution is -0.121. The van der Waals surface area contributed by atoms with Gasteiger partial charge < -0.3 is 20.4 Å². The molecule has 23 heavy (non-hydrogen) atoms. The Kier molecular flexibility index (Phi) is 11.5. The van der Waals surface area contributed by atoms with Gasteiger partial charge in [0.15, 0.2) is 10.2 Å². The Morgan fingerprint density at radius 2 is 1.04 bits per heavy atom. The summed E-state index contributed by atoms with van der Waals surface area (Å²) in [6.45, 7) is 10.9. The first-order valence-electron chi connectivity index (χ1n) is 8.06. The second kappa shape index (κ2) is 12.2. The molecule has 0 aromatic heterocycles. The fourth-order valence-corrected chi connectivity index (χ4v) is 2.70. The van der Waals surface area contributed by atoms with Crippen LogP contribution in [-0.2, 0) is 9.59 Å². The van der Waals surface area contributed by atoms with Crippen molar-refractivity contribution in [2.24, 2.45) is 0 Å². The van der Waals surface area contributed by atoms with Crippen molar-refractivity contribution in [2.75, 3.05) is 26.2 Å². The Labute approximate surface area is 150 Å². The number of thiocarbonyl (C=S) groups is 2. The van der Waals surface area contributed by atoms with Crippen molar-refractivity contribution in [2.45, 2.75) is 47.0 Å². The molecule has 8 heteroatoms. The molecule has 0 bridgehead atoms. The van der Waals surface area contributed by atoms with Gasteiger partial charge >= 0.3 is 0 Å². The average Bonchev–Trinajstić information content (AvgIpc) is 2.49. The third-order valence-electron chi connectivity index (χ3n) is 3.40. The van der Waals surface area contributed by atoms with Crippen molar-refractivity contribution in [3.8, 4) is 0 Å². The SMILES string of the molecule is CCN(CC)C(=S)NC(=O)CCCC(=O)NC(=S)N(CC)CC. The third kappa shape index (κ3) is 8.80. The molecule has 0 heterocycles. The van der Waals surface area contributed by atoms with Crippen molar-refractivity contribution in [1.29, 1.82) is 0 Å². The highest BCUT2D eigenvalue weighted by Gasteiger charge is 2.12. The summed E-state index contributed by atoms with van der Waals surface area (Å²) in [5.41, 5.74) is 0. The summed E-state index contributed by atoms with van der Waals surface area (Å²) in [6.07, 6.45) is 0.971. The Bertz CT molecular complexity index is 384. The number of carbonyl (C=O) groups excluding carboxylic acids is 2. The van der Waals surface area contributed by atoms with E-state index in [1.165, 1.54) is 0 Å². The third-order valence-corrected chi connectivity index (χ3v) is 4.12. The zero-order valence-corrected chi connectivity index (χ0v) is 16.1. The molecule has 0 saturated carbocycles. The first-order valence-corrected chi connectivity index (χ1v) is 8.88. The molecule has 0 spiro atoms. The fourth-order valence-electron chi connectivity index (χ4n) is 1.95. The highest BCUT2D eigenvalue weighted by atomic mass is 32.1. The highest BCUT2D eigenvalue weighted by molar-refractivity contribution is 7.80. The average molecular weight is 361 g/mol. The van der Waals surface area contributed by atoms with Crippen LogP contribution in [0.2, 0.25) is 0 Å². The van der Waals surface area contributed by atoms with Gasteiger partial charge in [0.25, 0.3) is 0 Å². The lowest BCUT2D eigenvalue weighted by atomic mass is 10.2. The van der Waals surface area contributed by atoms with Crippen LogP contribution in [0.25, 0.3) is 0 Å². The molecule has 6 nitrogen and oxygen atoms in total. The van der Waals surface area contributed by atoms with Crippen molar-refractivity contribution in [1.82, 2.24) is 20.4 Å². The van der Waals surface area contributed by atoms with Gasteiger partial charge in [0.1, 0.15) is 0 Å². The molecule has 0 saturated heterocycles. The standard InChI is InChI=1S/C15H28N4O2S2/c1-5-18(6-2)14(22)16-12(20)10-9-11-13(21)17-15(23)19(7-3)8-4/h5-11H2,1-4H3,(H,16,20,22)(H,17,21,23). The molecule has 0 aromatic rings. The molecule has 2 N–H and O–H groups in total. The van der Waals surface area contributed by atoms with E-state index in [0.717, 1.165) is 26.2 Å². The summed E-state index contributed by atoms with van der Waals surface area (Å²) in [5.74, 6) is -0.331. The summed E-state index contributed by atoms with van der Waals surface area (Å²) in [4.78, 5) is 27.4. The van der Waals surface area contributed by atoms with Crippen LogP contribution in [0.15, 0.2) is 0 Å². The monoisotopic (exact) mass is 360 g/mol. The van der Waals surface area contributed by atoms with E-state index in [9.17, 15) is 9.59 Å². The van der Waals surface area contributed by atoms with Gasteiger partial charge in [-0.3, -0.25) is 9.59 Å². The molecule has 0 aromatic carbocycles. The predicted octanol–water partition coefficient (Wildman–Crippen LogP) is 1.64. The highest BCUT2D eigenvalue weighted by Crippen LogP contribution is 1.98. The van der Waals surface area contributed by atoms with Crippen LogP contribution in [-0.4, -0.2) is 58.0 Å². The summed E-state index contributed by atoms with van der Waals surface area (Å²) < 4.78 is 0. The van der Waals surface area contributed by atoms with E-state index < -0.39 is 0 Å². The smallest absolute Gasteiger partial charge is 0.226 e. The molecular weight excluding hydrogens is 332 g/mol. The Hall–Kier alpha value is -1.28. The van der Waals surface area contributed by atoms with Crippen LogP contribution < -0.4 is 10.6 Å². The van der Waals surface area contributed by atoms with Gasteiger partial charge in [-0.1, -0.05) is 0 Å². The maximum absolute atomic E-state index is 11.8. The summed E-state index contributed by atoms with van der Waals surface area (Å²) in [6, 6.07) is 0. The molecule has 0 fully saturated rings. The van der Waals surface area contributed by atoms with Gasteiger partial charge in [-0.05, 0) is 58.6 Å². The second-order valence-electron chi connectivity index (χ2n) is 4.90. The van der Waals surface area contributed by atoms with Gasteiger partial charge in [-0.2, -0.15) is 0 Å². The quantitative estimate of drug-likeness (QED) is 0.642. The van der Waals surface area contributed by atoms with E-state index in [1.54, 1.807) is 0 Å². The molecule has 2 amide bonds. The number of rotatable bonds is 8. The Morgan fingerprint density at radius 3 is 1.30 bits per heavy atom. The molecule has 0 atom stereocenters. The zero-order valence-electron chi connectivity index (χ0n) is 14.5. The van der Waals surface area contributed by atoms with Gasteiger partial charge in [0.2, 0.25) is 11.8 Å². The lowest BCUT2D eigenvalue weighted by Crippen LogP contribution is -2.43. The molecule has 0 aliphatic heterocycles. The molecule has 0 unspecified atom stereocenters. The number of amides is 2. The minimum atomic E-state index is -0.166. The normalized spacial score (nSPS) is 9.91. The molecule has 0 aliphatic rings. The zero-order chi connectivity index (χ0) is 17.8. The first kappa shape index (κ1) is 21.7. The molecule has 0 radical (unpaired) electrons. The van der Waals surface area contributed by atoms with Gasteiger partial charge in [0.05, 0.1) is 0 Å². The molecule has 0 aliphatic carbocycles. The second-order valence-corrected chi connectivity index (χ2v) is 5.68. The van der Waals surface area contributed by atoms with Crippen LogP contribution in [0.4, 0.5) is 0 Å². The van der Waals surface area contributed by atoms with E-state index in [2.05, 4.69) is 10.6 Å². The number of hydrogen-bond donors (Lipinski definition) is 2. The number of nitrogens with zero attached hydrogens (tertiary/aromatic N) is 2. The van der Waals surface area contributed by atoms with Crippen LogP contribution in [0, 0.1) is 0 Å². The van der Waals surface area contributed by atoms with Crippen molar-refractivity contribution >= 4 is 46.5 Å².